The lowest BCUT2D eigenvalue weighted by molar-refractivity contribution is 0.645. The Bertz CT molecular complexity index is 2840. The van der Waals surface area contributed by atoms with Crippen LogP contribution in [0, 0.1) is 26.7 Å². The van der Waals surface area contributed by atoms with Crippen molar-refractivity contribution in [1.29, 1.82) is 0 Å². The van der Waals surface area contributed by atoms with E-state index in [1.807, 2.05) is 0 Å². The van der Waals surface area contributed by atoms with Gasteiger partial charge in [0.2, 0.25) is 0 Å². The van der Waals surface area contributed by atoms with Crippen molar-refractivity contribution in [3.8, 4) is 0 Å². The van der Waals surface area contributed by atoms with Crippen molar-refractivity contribution in [2.75, 3.05) is 9.80 Å². The van der Waals surface area contributed by atoms with E-state index in [9.17, 15) is 0 Å². The minimum absolute atomic E-state index is 0.401. The molecule has 0 bridgehead atoms. The molecule has 2 heteroatoms. The lowest BCUT2D eigenvalue weighted by Crippen LogP contribution is -2.22. The summed E-state index contributed by atoms with van der Waals surface area (Å²) < 4.78 is 0. The van der Waals surface area contributed by atoms with Gasteiger partial charge in [-0.05, 0) is 186 Å². The Morgan fingerprint density at radius 3 is 1.21 bits per heavy atom. The third-order valence-corrected chi connectivity index (χ3v) is 14.1. The molecule has 0 amide bonds. The first-order valence-electron chi connectivity index (χ1n) is 23.2. The van der Waals surface area contributed by atoms with Crippen molar-refractivity contribution in [2.45, 2.75) is 127 Å². The van der Waals surface area contributed by atoms with Gasteiger partial charge in [0.05, 0.1) is 11.4 Å². The second kappa shape index (κ2) is 16.9. The Morgan fingerprint density at radius 1 is 0.435 bits per heavy atom. The van der Waals surface area contributed by atoms with Crippen LogP contribution in [0.4, 0.5) is 28.4 Å². The monoisotopic (exact) mass is 817 g/mol. The van der Waals surface area contributed by atoms with Gasteiger partial charge in [-0.1, -0.05) is 134 Å². The molecular weight excluding hydrogens is 749 g/mol. The molecule has 0 N–H and O–H groups in total. The van der Waals surface area contributed by atoms with E-state index in [1.54, 1.807) is 0 Å². The highest BCUT2D eigenvalue weighted by Crippen LogP contribution is 2.49. The minimum atomic E-state index is 0.401. The smallest absolute Gasteiger partial charge is 0.0546 e. The van der Waals surface area contributed by atoms with Gasteiger partial charge in [-0.15, -0.1) is 0 Å². The molecule has 0 spiro atoms. The normalized spacial score (nSPS) is 14.7. The van der Waals surface area contributed by atoms with Gasteiger partial charge in [-0.3, -0.25) is 0 Å². The lowest BCUT2D eigenvalue weighted by Gasteiger charge is -2.35. The summed E-state index contributed by atoms with van der Waals surface area (Å²) in [6.07, 6.45) is 3.45. The van der Waals surface area contributed by atoms with Gasteiger partial charge in [0.25, 0.3) is 0 Å². The zero-order chi connectivity index (χ0) is 44.3. The van der Waals surface area contributed by atoms with Crippen molar-refractivity contribution in [2.24, 2.45) is 5.92 Å². The summed E-state index contributed by atoms with van der Waals surface area (Å²) >= 11 is 0. The largest absolute Gasteiger partial charge is 0.314 e. The number of fused-ring (bicyclic) bond motifs is 5. The van der Waals surface area contributed by atoms with Crippen molar-refractivity contribution in [3.63, 3.8) is 0 Å². The third kappa shape index (κ3) is 7.87. The number of hydrogen-bond donors (Lipinski definition) is 0. The number of rotatable bonds is 10. The quantitative estimate of drug-likeness (QED) is 0.127. The summed E-state index contributed by atoms with van der Waals surface area (Å²) in [5.41, 5.74) is 19.8. The van der Waals surface area contributed by atoms with Crippen LogP contribution in [0.5, 0.6) is 0 Å². The van der Waals surface area contributed by atoms with Crippen LogP contribution < -0.4 is 9.80 Å². The molecule has 0 aliphatic heterocycles. The second-order valence-corrected chi connectivity index (χ2v) is 19.8. The van der Waals surface area contributed by atoms with Crippen LogP contribution in [-0.2, 0) is 0 Å². The maximum atomic E-state index is 2.63. The van der Waals surface area contributed by atoms with Crippen molar-refractivity contribution >= 4 is 60.8 Å². The fourth-order valence-electron chi connectivity index (χ4n) is 9.66. The highest BCUT2D eigenvalue weighted by Gasteiger charge is 2.27. The fraction of sp³-hybridized carbons (Fsp3) is 0.333. The molecule has 62 heavy (non-hydrogen) atoms. The summed E-state index contributed by atoms with van der Waals surface area (Å²) in [6, 6.07) is 42.8. The van der Waals surface area contributed by atoms with Gasteiger partial charge in [-0.2, -0.15) is 0 Å². The molecule has 1 unspecified atom stereocenters. The molecule has 1 aliphatic rings. The zero-order valence-electron chi connectivity index (χ0n) is 40.0. The van der Waals surface area contributed by atoms with E-state index >= 15 is 0 Å². The number of nitrogens with zero attached hydrogens (tertiary/aromatic N) is 2. The number of allylic oxidation sites excluding steroid dienone is 4. The third-order valence-electron chi connectivity index (χ3n) is 14.1. The van der Waals surface area contributed by atoms with E-state index < -0.39 is 0 Å². The van der Waals surface area contributed by atoms with Gasteiger partial charge >= 0.3 is 0 Å². The Morgan fingerprint density at radius 2 is 0.806 bits per heavy atom. The Hall–Kier alpha value is -5.60. The topological polar surface area (TPSA) is 6.48 Å². The van der Waals surface area contributed by atoms with Crippen LogP contribution >= 0.6 is 0 Å². The molecule has 8 rings (SSSR count). The van der Waals surface area contributed by atoms with Crippen LogP contribution in [-0.4, -0.2) is 0 Å². The average Bonchev–Trinajstić information content (AvgIpc) is 3.24. The highest BCUT2D eigenvalue weighted by atomic mass is 15.2. The summed E-state index contributed by atoms with van der Waals surface area (Å²) in [5.74, 6) is 2.08. The summed E-state index contributed by atoms with van der Waals surface area (Å²) in [4.78, 5) is 5.19. The molecule has 0 saturated heterocycles. The van der Waals surface area contributed by atoms with Crippen molar-refractivity contribution in [1.82, 2.24) is 0 Å². The average molecular weight is 817 g/mol. The maximum absolute atomic E-state index is 2.63. The Labute approximate surface area is 373 Å². The van der Waals surface area contributed by atoms with Crippen LogP contribution in [0.2, 0.25) is 0 Å². The maximum Gasteiger partial charge on any atom is 0.0546 e. The van der Waals surface area contributed by atoms with Crippen LogP contribution in [0.3, 0.4) is 0 Å². The molecule has 0 heterocycles. The first-order valence-corrected chi connectivity index (χ1v) is 23.2. The predicted octanol–water partition coefficient (Wildman–Crippen LogP) is 18.4. The van der Waals surface area contributed by atoms with Crippen LogP contribution in [0.1, 0.15) is 145 Å². The molecule has 7 aromatic rings. The van der Waals surface area contributed by atoms with E-state index in [0.29, 0.717) is 29.6 Å². The first kappa shape index (κ1) is 43.1. The second-order valence-electron chi connectivity index (χ2n) is 19.8. The molecule has 1 atom stereocenters. The predicted molar refractivity (Wildman–Crippen MR) is 273 cm³/mol. The van der Waals surface area contributed by atoms with Crippen LogP contribution in [0.25, 0.3) is 32.3 Å². The minimum Gasteiger partial charge on any atom is -0.314 e. The molecule has 0 radical (unpaired) electrons. The molecule has 0 aromatic heterocycles. The molecule has 1 aliphatic carbocycles. The molecule has 0 saturated carbocycles. The van der Waals surface area contributed by atoms with E-state index in [4.69, 9.17) is 0 Å². The molecule has 7 aromatic carbocycles. The Balaban J connectivity index is 1.49. The molecule has 318 valence electrons. The molecule has 0 fully saturated rings. The van der Waals surface area contributed by atoms with Gasteiger partial charge in [0, 0.05) is 33.5 Å². The fourth-order valence-corrected chi connectivity index (χ4v) is 9.66. The first-order chi connectivity index (χ1) is 29.5. The van der Waals surface area contributed by atoms with E-state index in [1.165, 1.54) is 117 Å². The van der Waals surface area contributed by atoms with E-state index in [2.05, 4.69) is 222 Å². The Kier molecular flexibility index (Phi) is 11.8. The van der Waals surface area contributed by atoms with Gasteiger partial charge < -0.3 is 9.80 Å². The van der Waals surface area contributed by atoms with E-state index in [0.717, 1.165) is 6.42 Å². The van der Waals surface area contributed by atoms with E-state index in [-0.39, 0.29) is 0 Å². The number of hydrogen-bond acceptors (Lipinski definition) is 2. The van der Waals surface area contributed by atoms with Gasteiger partial charge in [-0.25, -0.2) is 0 Å². The van der Waals surface area contributed by atoms with Gasteiger partial charge in [0.1, 0.15) is 0 Å². The van der Waals surface area contributed by atoms with Gasteiger partial charge in [0.15, 0.2) is 0 Å². The summed E-state index contributed by atoms with van der Waals surface area (Å²) in [6.45, 7) is 32.3. The lowest BCUT2D eigenvalue weighted by atomic mass is 9.86. The summed E-state index contributed by atoms with van der Waals surface area (Å²) in [7, 11) is 0. The highest BCUT2D eigenvalue weighted by molar-refractivity contribution is 6.24. The van der Waals surface area contributed by atoms with Crippen LogP contribution in [0.15, 0.2) is 132 Å². The van der Waals surface area contributed by atoms with Crippen molar-refractivity contribution in [3.05, 3.63) is 171 Å². The van der Waals surface area contributed by atoms with Crippen molar-refractivity contribution < 1.29 is 0 Å². The SMILES string of the molecule is CC1=C(C)C(C)CC(N(c2cc(C(C)C)cc(C(C)C)c2)c2cc3c4ccccc4c(N(c4cc(C(C)C)cc(C(C)C)c4)c4cc(C)c(C)c(C)c4)cc3c3ccccc23)=C1. The molecule has 2 nitrogen and oxygen atoms in total. The zero-order valence-corrected chi connectivity index (χ0v) is 40.0. The summed E-state index contributed by atoms with van der Waals surface area (Å²) in [5, 5.41) is 7.58. The standard InChI is InChI=1S/C60H68N2/c1-35(2)45-27-46(36(3)4)30-51(29-45)61(49-23-39(9)43(13)40(10)24-49)59-33-57-54-20-16-18-22-56(54)60(34-58(57)53-19-15-17-21-55(53)59)62(50-25-41(11)44(14)42(12)26-50)52-31-47(37(5)6)28-48(32-52)38(7)8/h15-25,27-38,42H,26H2,1-14H3. The number of benzene rings is 7. The number of anilines is 5. The number of aryl methyl sites for hydroxylation is 2. The molecular formula is C60H68N2.